The molecule has 2 aromatic carbocycles. The SMILES string of the molecule is CCCOc1ccc(/C=N/NC(=O)c2ccc(Br)cc2)cc1OCC. The molecule has 0 radical (unpaired) electrons. The Balaban J connectivity index is 2.03. The van der Waals surface area contributed by atoms with Gasteiger partial charge in [0.1, 0.15) is 0 Å². The van der Waals surface area contributed by atoms with Crippen molar-refractivity contribution in [3.8, 4) is 11.5 Å². The highest BCUT2D eigenvalue weighted by Gasteiger charge is 2.06. The number of halogens is 1. The summed E-state index contributed by atoms with van der Waals surface area (Å²) in [5.41, 5.74) is 3.86. The van der Waals surface area contributed by atoms with Crippen LogP contribution in [0.5, 0.6) is 11.5 Å². The Morgan fingerprint density at radius 3 is 2.56 bits per heavy atom. The summed E-state index contributed by atoms with van der Waals surface area (Å²) in [5, 5.41) is 4.00. The van der Waals surface area contributed by atoms with Gasteiger partial charge in [-0.3, -0.25) is 4.79 Å². The van der Waals surface area contributed by atoms with E-state index in [9.17, 15) is 4.79 Å². The second-order valence-corrected chi connectivity index (χ2v) is 6.11. The van der Waals surface area contributed by atoms with Gasteiger partial charge in [-0.25, -0.2) is 5.43 Å². The van der Waals surface area contributed by atoms with Gasteiger partial charge in [0.2, 0.25) is 0 Å². The first kappa shape index (κ1) is 19.0. The lowest BCUT2D eigenvalue weighted by molar-refractivity contribution is 0.0955. The molecule has 0 aliphatic heterocycles. The Morgan fingerprint density at radius 1 is 1.12 bits per heavy atom. The van der Waals surface area contributed by atoms with Crippen LogP contribution in [-0.2, 0) is 0 Å². The molecule has 0 aliphatic rings. The van der Waals surface area contributed by atoms with Gasteiger partial charge in [-0.15, -0.1) is 0 Å². The molecule has 6 heteroatoms. The largest absolute Gasteiger partial charge is 0.490 e. The quantitative estimate of drug-likeness (QED) is 0.523. The summed E-state index contributed by atoms with van der Waals surface area (Å²) in [6.07, 6.45) is 2.50. The number of hydrazone groups is 1. The third-order valence-electron chi connectivity index (χ3n) is 3.22. The van der Waals surface area contributed by atoms with Crippen molar-refractivity contribution in [2.75, 3.05) is 13.2 Å². The first-order chi connectivity index (χ1) is 12.1. The molecule has 0 aromatic heterocycles. The van der Waals surface area contributed by atoms with Gasteiger partial charge >= 0.3 is 0 Å². The molecule has 132 valence electrons. The molecule has 0 bridgehead atoms. The molecular formula is C19H21BrN2O3. The predicted octanol–water partition coefficient (Wildman–Crippen LogP) is 4.40. The van der Waals surface area contributed by atoms with E-state index in [-0.39, 0.29) is 5.91 Å². The van der Waals surface area contributed by atoms with Crippen LogP contribution in [0.3, 0.4) is 0 Å². The van der Waals surface area contributed by atoms with Crippen molar-refractivity contribution >= 4 is 28.1 Å². The zero-order valence-corrected chi connectivity index (χ0v) is 15.9. The minimum Gasteiger partial charge on any atom is -0.490 e. The number of hydrogen-bond donors (Lipinski definition) is 1. The second-order valence-electron chi connectivity index (χ2n) is 5.19. The first-order valence-corrected chi connectivity index (χ1v) is 8.92. The van der Waals surface area contributed by atoms with Gasteiger partial charge in [0, 0.05) is 10.0 Å². The Labute approximate surface area is 156 Å². The van der Waals surface area contributed by atoms with E-state index in [1.165, 1.54) is 0 Å². The van der Waals surface area contributed by atoms with E-state index in [1.807, 2.05) is 37.3 Å². The van der Waals surface area contributed by atoms with Crippen molar-refractivity contribution in [2.24, 2.45) is 5.10 Å². The van der Waals surface area contributed by atoms with E-state index in [4.69, 9.17) is 9.47 Å². The average molecular weight is 405 g/mol. The van der Waals surface area contributed by atoms with E-state index in [0.29, 0.717) is 30.3 Å². The lowest BCUT2D eigenvalue weighted by Crippen LogP contribution is -2.17. The third kappa shape index (κ3) is 5.90. The van der Waals surface area contributed by atoms with Crippen LogP contribution in [0, 0.1) is 0 Å². The number of rotatable bonds is 8. The van der Waals surface area contributed by atoms with Crippen molar-refractivity contribution in [3.63, 3.8) is 0 Å². The van der Waals surface area contributed by atoms with Gasteiger partial charge in [-0.1, -0.05) is 22.9 Å². The molecule has 1 amide bonds. The summed E-state index contributed by atoms with van der Waals surface area (Å²) in [6.45, 7) is 5.15. The lowest BCUT2D eigenvalue weighted by atomic mass is 10.2. The van der Waals surface area contributed by atoms with Crippen molar-refractivity contribution in [3.05, 3.63) is 58.1 Å². The lowest BCUT2D eigenvalue weighted by Gasteiger charge is -2.11. The van der Waals surface area contributed by atoms with E-state index in [0.717, 1.165) is 16.5 Å². The number of hydrogen-bond acceptors (Lipinski definition) is 4. The molecule has 2 aromatic rings. The third-order valence-corrected chi connectivity index (χ3v) is 3.74. The van der Waals surface area contributed by atoms with Crippen LogP contribution < -0.4 is 14.9 Å². The van der Waals surface area contributed by atoms with Crippen LogP contribution >= 0.6 is 15.9 Å². The highest BCUT2D eigenvalue weighted by Crippen LogP contribution is 2.28. The molecule has 0 saturated heterocycles. The predicted molar refractivity (Wildman–Crippen MR) is 103 cm³/mol. The molecule has 1 N–H and O–H groups in total. The molecular weight excluding hydrogens is 384 g/mol. The van der Waals surface area contributed by atoms with Crippen LogP contribution in [0.2, 0.25) is 0 Å². The van der Waals surface area contributed by atoms with E-state index in [1.54, 1.807) is 18.3 Å². The smallest absolute Gasteiger partial charge is 0.271 e. The summed E-state index contributed by atoms with van der Waals surface area (Å²) >= 11 is 3.34. The Hall–Kier alpha value is -2.34. The maximum atomic E-state index is 12.0. The average Bonchev–Trinajstić information content (AvgIpc) is 2.62. The number of ether oxygens (including phenoxy) is 2. The molecule has 0 aliphatic carbocycles. The van der Waals surface area contributed by atoms with Crippen LogP contribution in [0.15, 0.2) is 52.0 Å². The molecule has 0 heterocycles. The minimum absolute atomic E-state index is 0.267. The fourth-order valence-electron chi connectivity index (χ4n) is 2.04. The minimum atomic E-state index is -0.267. The van der Waals surface area contributed by atoms with Crippen molar-refractivity contribution < 1.29 is 14.3 Å². The molecule has 0 spiro atoms. The van der Waals surface area contributed by atoms with Gasteiger partial charge in [0.15, 0.2) is 11.5 Å². The molecule has 0 unspecified atom stereocenters. The first-order valence-electron chi connectivity index (χ1n) is 8.12. The van der Waals surface area contributed by atoms with Crippen molar-refractivity contribution in [1.82, 2.24) is 5.43 Å². The van der Waals surface area contributed by atoms with Crippen molar-refractivity contribution in [2.45, 2.75) is 20.3 Å². The summed E-state index contributed by atoms with van der Waals surface area (Å²) < 4.78 is 12.2. The molecule has 0 fully saturated rings. The van der Waals surface area contributed by atoms with E-state index < -0.39 is 0 Å². The zero-order chi connectivity index (χ0) is 18.1. The van der Waals surface area contributed by atoms with E-state index in [2.05, 4.69) is 33.4 Å². The van der Waals surface area contributed by atoms with Gasteiger partial charge in [-0.05, 0) is 61.4 Å². The highest BCUT2D eigenvalue weighted by atomic mass is 79.9. The fraction of sp³-hybridized carbons (Fsp3) is 0.263. The normalized spacial score (nSPS) is 10.7. The number of nitrogens with one attached hydrogen (secondary N) is 1. The van der Waals surface area contributed by atoms with Gasteiger partial charge in [0.25, 0.3) is 5.91 Å². The standard InChI is InChI=1S/C19H21BrN2O3/c1-3-11-25-17-10-5-14(12-18(17)24-4-2)13-21-22-19(23)15-6-8-16(20)9-7-15/h5-10,12-13H,3-4,11H2,1-2H3,(H,22,23)/b21-13+. The second kappa shape index (κ2) is 9.84. The number of nitrogens with zero attached hydrogens (tertiary/aromatic N) is 1. The summed E-state index contributed by atoms with van der Waals surface area (Å²) in [4.78, 5) is 12.0. The summed E-state index contributed by atoms with van der Waals surface area (Å²) in [5.74, 6) is 1.11. The molecule has 2 rings (SSSR count). The van der Waals surface area contributed by atoms with Crippen LogP contribution in [0.4, 0.5) is 0 Å². The number of carbonyl (C=O) groups is 1. The maximum absolute atomic E-state index is 12.0. The number of carbonyl (C=O) groups excluding carboxylic acids is 1. The Morgan fingerprint density at radius 2 is 1.88 bits per heavy atom. The molecule has 0 saturated carbocycles. The van der Waals surface area contributed by atoms with Gasteiger partial charge in [-0.2, -0.15) is 5.10 Å². The van der Waals surface area contributed by atoms with Crippen molar-refractivity contribution in [1.29, 1.82) is 0 Å². The monoisotopic (exact) mass is 404 g/mol. The molecule has 0 atom stereocenters. The maximum Gasteiger partial charge on any atom is 0.271 e. The number of benzene rings is 2. The Kier molecular flexibility index (Phi) is 7.47. The highest BCUT2D eigenvalue weighted by molar-refractivity contribution is 9.10. The topological polar surface area (TPSA) is 59.9 Å². The van der Waals surface area contributed by atoms with Gasteiger partial charge < -0.3 is 9.47 Å². The van der Waals surface area contributed by atoms with Crippen LogP contribution in [0.25, 0.3) is 0 Å². The fourth-order valence-corrected chi connectivity index (χ4v) is 2.30. The molecule has 25 heavy (non-hydrogen) atoms. The van der Waals surface area contributed by atoms with Crippen LogP contribution in [-0.4, -0.2) is 25.3 Å². The number of amides is 1. The Bertz CT molecular complexity index is 730. The zero-order valence-electron chi connectivity index (χ0n) is 14.3. The van der Waals surface area contributed by atoms with Gasteiger partial charge in [0.05, 0.1) is 19.4 Å². The molecule has 5 nitrogen and oxygen atoms in total. The summed E-state index contributed by atoms with van der Waals surface area (Å²) in [6, 6.07) is 12.6. The van der Waals surface area contributed by atoms with Crippen LogP contribution in [0.1, 0.15) is 36.2 Å². The summed E-state index contributed by atoms with van der Waals surface area (Å²) in [7, 11) is 0. The van der Waals surface area contributed by atoms with E-state index >= 15 is 0 Å².